The van der Waals surface area contributed by atoms with Crippen molar-refractivity contribution in [2.45, 2.75) is 27.2 Å². The summed E-state index contributed by atoms with van der Waals surface area (Å²) in [5.41, 5.74) is 2.57. The van der Waals surface area contributed by atoms with Gasteiger partial charge >= 0.3 is 0 Å². The smallest absolute Gasteiger partial charge is 0.270 e. The zero-order valence-electron chi connectivity index (χ0n) is 13.3. The van der Waals surface area contributed by atoms with Crippen LogP contribution < -0.4 is 10.6 Å². The van der Waals surface area contributed by atoms with Gasteiger partial charge in [-0.15, -0.1) is 0 Å². The number of nitrogens with zero attached hydrogens (tertiary/aromatic N) is 2. The Kier molecular flexibility index (Phi) is 5.47. The minimum absolute atomic E-state index is 0.178. The topological polar surface area (TPSA) is 66.9 Å². The number of hydrogen-bond acceptors (Lipinski definition) is 4. The molecule has 0 atom stereocenters. The lowest BCUT2D eigenvalue weighted by Gasteiger charge is -2.11. The molecule has 2 N–H and O–H groups in total. The molecular weight excluding hydrogens is 276 g/mol. The lowest BCUT2D eigenvalue weighted by atomic mass is 10.1. The van der Waals surface area contributed by atoms with Crippen LogP contribution in [0, 0.1) is 5.92 Å². The van der Waals surface area contributed by atoms with Crippen molar-refractivity contribution in [3.8, 4) is 0 Å². The molecule has 0 unspecified atom stereocenters. The first-order valence-corrected chi connectivity index (χ1v) is 7.55. The molecular formula is C17H22N4O. The Morgan fingerprint density at radius 2 is 2.00 bits per heavy atom. The SMILES string of the molecule is CCc1ccccc1Nc1cc(C(=O)NCC(C)C)ncn1. The molecule has 0 saturated heterocycles. The number of benzene rings is 1. The molecule has 0 aliphatic carbocycles. The molecule has 2 aromatic rings. The number of para-hydroxylation sites is 1. The average molecular weight is 298 g/mol. The predicted octanol–water partition coefficient (Wildman–Crippen LogP) is 3.17. The van der Waals surface area contributed by atoms with Gasteiger partial charge in [-0.2, -0.15) is 0 Å². The van der Waals surface area contributed by atoms with Gasteiger partial charge in [-0.3, -0.25) is 4.79 Å². The van der Waals surface area contributed by atoms with E-state index < -0.39 is 0 Å². The maximum Gasteiger partial charge on any atom is 0.270 e. The molecule has 2 rings (SSSR count). The number of amides is 1. The van der Waals surface area contributed by atoms with Crippen LogP contribution in [0.15, 0.2) is 36.7 Å². The van der Waals surface area contributed by atoms with E-state index >= 15 is 0 Å². The Balaban J connectivity index is 2.13. The lowest BCUT2D eigenvalue weighted by Crippen LogP contribution is -2.28. The van der Waals surface area contributed by atoms with Crippen LogP contribution in [-0.2, 0) is 6.42 Å². The second-order valence-corrected chi connectivity index (χ2v) is 5.53. The molecule has 0 radical (unpaired) electrons. The minimum Gasteiger partial charge on any atom is -0.350 e. The van der Waals surface area contributed by atoms with Crippen molar-refractivity contribution in [3.63, 3.8) is 0 Å². The van der Waals surface area contributed by atoms with Crippen molar-refractivity contribution in [1.82, 2.24) is 15.3 Å². The van der Waals surface area contributed by atoms with Gasteiger partial charge in [0.15, 0.2) is 0 Å². The fourth-order valence-corrected chi connectivity index (χ4v) is 2.03. The number of anilines is 2. The Labute approximate surface area is 131 Å². The van der Waals surface area contributed by atoms with Crippen LogP contribution in [0.3, 0.4) is 0 Å². The number of aromatic nitrogens is 2. The van der Waals surface area contributed by atoms with E-state index in [2.05, 4.69) is 47.4 Å². The fourth-order valence-electron chi connectivity index (χ4n) is 2.03. The highest BCUT2D eigenvalue weighted by atomic mass is 16.1. The van der Waals surface area contributed by atoms with Gasteiger partial charge in [0, 0.05) is 18.3 Å². The number of rotatable bonds is 6. The summed E-state index contributed by atoms with van der Waals surface area (Å²) in [5.74, 6) is 0.841. The first kappa shape index (κ1) is 15.9. The summed E-state index contributed by atoms with van der Waals surface area (Å²) in [6, 6.07) is 9.72. The van der Waals surface area contributed by atoms with Gasteiger partial charge in [0.05, 0.1) is 0 Å². The fraction of sp³-hybridized carbons (Fsp3) is 0.353. The van der Waals surface area contributed by atoms with Crippen molar-refractivity contribution in [3.05, 3.63) is 47.9 Å². The van der Waals surface area contributed by atoms with Gasteiger partial charge in [0.25, 0.3) is 5.91 Å². The van der Waals surface area contributed by atoms with E-state index in [4.69, 9.17) is 0 Å². The van der Waals surface area contributed by atoms with Crippen LogP contribution in [0.1, 0.15) is 36.8 Å². The van der Waals surface area contributed by atoms with Crippen LogP contribution in [0.2, 0.25) is 0 Å². The van der Waals surface area contributed by atoms with Gasteiger partial charge in [0.2, 0.25) is 0 Å². The van der Waals surface area contributed by atoms with E-state index in [1.807, 2.05) is 18.2 Å². The third-order valence-electron chi connectivity index (χ3n) is 3.23. The molecule has 5 heteroatoms. The molecule has 0 aliphatic rings. The average Bonchev–Trinajstić information content (AvgIpc) is 2.53. The maximum atomic E-state index is 12.0. The molecule has 1 heterocycles. The molecule has 1 aromatic carbocycles. The number of carbonyl (C=O) groups is 1. The Hall–Kier alpha value is -2.43. The van der Waals surface area contributed by atoms with E-state index in [-0.39, 0.29) is 5.91 Å². The van der Waals surface area contributed by atoms with Gasteiger partial charge < -0.3 is 10.6 Å². The van der Waals surface area contributed by atoms with E-state index in [0.717, 1.165) is 12.1 Å². The van der Waals surface area contributed by atoms with Crippen molar-refractivity contribution < 1.29 is 4.79 Å². The molecule has 22 heavy (non-hydrogen) atoms. The molecule has 1 aromatic heterocycles. The maximum absolute atomic E-state index is 12.0. The first-order chi connectivity index (χ1) is 10.6. The molecule has 0 bridgehead atoms. The zero-order valence-corrected chi connectivity index (χ0v) is 13.3. The zero-order chi connectivity index (χ0) is 15.9. The van der Waals surface area contributed by atoms with Crippen LogP contribution >= 0.6 is 0 Å². The summed E-state index contributed by atoms with van der Waals surface area (Å²) < 4.78 is 0. The minimum atomic E-state index is -0.178. The molecule has 0 spiro atoms. The summed E-state index contributed by atoms with van der Waals surface area (Å²) in [6.45, 7) is 6.83. The van der Waals surface area contributed by atoms with Crippen molar-refractivity contribution in [2.75, 3.05) is 11.9 Å². The van der Waals surface area contributed by atoms with E-state index in [1.165, 1.54) is 11.9 Å². The van der Waals surface area contributed by atoms with Crippen molar-refractivity contribution in [1.29, 1.82) is 0 Å². The Morgan fingerprint density at radius 3 is 2.73 bits per heavy atom. The summed E-state index contributed by atoms with van der Waals surface area (Å²) in [6.07, 6.45) is 2.33. The molecule has 0 fully saturated rings. The number of aryl methyl sites for hydroxylation is 1. The monoisotopic (exact) mass is 298 g/mol. The Morgan fingerprint density at radius 1 is 1.23 bits per heavy atom. The highest BCUT2D eigenvalue weighted by molar-refractivity contribution is 5.92. The van der Waals surface area contributed by atoms with Gasteiger partial charge in [0.1, 0.15) is 17.8 Å². The second-order valence-electron chi connectivity index (χ2n) is 5.53. The van der Waals surface area contributed by atoms with Crippen LogP contribution in [0.5, 0.6) is 0 Å². The number of nitrogens with one attached hydrogen (secondary N) is 2. The normalized spacial score (nSPS) is 10.5. The summed E-state index contributed by atoms with van der Waals surface area (Å²) >= 11 is 0. The molecule has 0 aliphatic heterocycles. The summed E-state index contributed by atoms with van der Waals surface area (Å²) in [5, 5.41) is 6.11. The van der Waals surface area contributed by atoms with Gasteiger partial charge in [-0.1, -0.05) is 39.0 Å². The number of hydrogen-bond donors (Lipinski definition) is 2. The molecule has 5 nitrogen and oxygen atoms in total. The highest BCUT2D eigenvalue weighted by Gasteiger charge is 2.09. The molecule has 116 valence electrons. The molecule has 0 saturated carbocycles. The third kappa shape index (κ3) is 4.28. The van der Waals surface area contributed by atoms with E-state index in [0.29, 0.717) is 24.0 Å². The summed E-state index contributed by atoms with van der Waals surface area (Å²) in [7, 11) is 0. The lowest BCUT2D eigenvalue weighted by molar-refractivity contribution is 0.0944. The predicted molar refractivity (Wildman–Crippen MR) is 88.3 cm³/mol. The van der Waals surface area contributed by atoms with Crippen molar-refractivity contribution >= 4 is 17.4 Å². The number of carbonyl (C=O) groups excluding carboxylic acids is 1. The Bertz CT molecular complexity index is 640. The summed E-state index contributed by atoms with van der Waals surface area (Å²) in [4.78, 5) is 20.3. The van der Waals surface area contributed by atoms with Gasteiger partial charge in [-0.25, -0.2) is 9.97 Å². The second kappa shape index (κ2) is 7.54. The van der Waals surface area contributed by atoms with E-state index in [1.54, 1.807) is 6.07 Å². The largest absolute Gasteiger partial charge is 0.350 e. The molecule has 1 amide bonds. The quantitative estimate of drug-likeness (QED) is 0.859. The first-order valence-electron chi connectivity index (χ1n) is 7.55. The van der Waals surface area contributed by atoms with E-state index in [9.17, 15) is 4.79 Å². The van der Waals surface area contributed by atoms with Crippen LogP contribution in [-0.4, -0.2) is 22.4 Å². The third-order valence-corrected chi connectivity index (χ3v) is 3.23. The van der Waals surface area contributed by atoms with Crippen molar-refractivity contribution in [2.24, 2.45) is 5.92 Å². The van der Waals surface area contributed by atoms with Crippen LogP contribution in [0.4, 0.5) is 11.5 Å². The van der Waals surface area contributed by atoms with Crippen LogP contribution in [0.25, 0.3) is 0 Å². The van der Waals surface area contributed by atoms with Gasteiger partial charge in [-0.05, 0) is 24.0 Å². The highest BCUT2D eigenvalue weighted by Crippen LogP contribution is 2.19. The standard InChI is InChI=1S/C17H22N4O/c1-4-13-7-5-6-8-14(13)21-16-9-15(19-11-20-16)17(22)18-10-12(2)3/h5-9,11-12H,4,10H2,1-3H3,(H,18,22)(H,19,20,21).